The van der Waals surface area contributed by atoms with Gasteiger partial charge in [-0.1, -0.05) is 0 Å². The molecule has 0 radical (unpaired) electrons. The molecule has 0 aromatic heterocycles. The number of rotatable bonds is 4. The lowest BCUT2D eigenvalue weighted by atomic mass is 9.96. The molecule has 4 aromatic carbocycles. The van der Waals surface area contributed by atoms with Gasteiger partial charge in [-0.25, -0.2) is 0 Å². The van der Waals surface area contributed by atoms with Crippen LogP contribution in [-0.2, 0) is 49.4 Å². The highest BCUT2D eigenvalue weighted by atomic mass is 19.4. The van der Waals surface area contributed by atoms with Crippen LogP contribution in [0.15, 0.2) is 72.8 Å². The highest BCUT2D eigenvalue weighted by molar-refractivity contribution is 5.84. The summed E-state index contributed by atoms with van der Waals surface area (Å²) in [5.41, 5.74) is -31.0. The summed E-state index contributed by atoms with van der Waals surface area (Å²) in [5, 5.41) is 0. The molecule has 0 N–H and O–H groups in total. The summed E-state index contributed by atoms with van der Waals surface area (Å²) in [7, 11) is 0. The van der Waals surface area contributed by atoms with Gasteiger partial charge in [0, 0.05) is 48.5 Å². The number of hydrogen-bond acceptors (Lipinski definition) is 0. The van der Waals surface area contributed by atoms with Crippen LogP contribution in [0.25, 0.3) is 0 Å². The van der Waals surface area contributed by atoms with E-state index >= 15 is 0 Å². The number of alkyl halides is 24. The molecule has 25 heteroatoms. The molecule has 0 aliphatic carbocycles. The Morgan fingerprint density at radius 2 is 0.298 bits per heavy atom. The van der Waals surface area contributed by atoms with Crippen LogP contribution in [-0.4, -0.2) is 0 Å². The molecule has 4 rings (SSSR count). The van der Waals surface area contributed by atoms with E-state index in [-0.39, 0.29) is 0 Å². The van der Waals surface area contributed by atoms with Gasteiger partial charge < -0.3 is 0 Å². The van der Waals surface area contributed by atoms with Crippen LogP contribution in [0.5, 0.6) is 0 Å². The maximum atomic E-state index is 14.2. The lowest BCUT2D eigenvalue weighted by Gasteiger charge is -2.39. The van der Waals surface area contributed by atoms with Crippen molar-refractivity contribution < 1.29 is 105 Å². The second-order valence-electron chi connectivity index (χ2n) is 11.7. The molecule has 57 heavy (non-hydrogen) atoms. The summed E-state index contributed by atoms with van der Waals surface area (Å²) in [6, 6.07) is -9.33. The Balaban J connectivity index is 2.62. The molecule has 0 atom stereocenters. The van der Waals surface area contributed by atoms with Crippen molar-refractivity contribution in [3.8, 4) is 0 Å². The molecule has 312 valence electrons. The van der Waals surface area contributed by atoms with Crippen LogP contribution < -0.4 is 4.48 Å². The normalized spacial score (nSPS) is 14.3. The smallest absolute Gasteiger partial charge is 0.194 e. The summed E-state index contributed by atoms with van der Waals surface area (Å²) in [4.78, 5) is 0. The number of nitrogens with zero attached hydrogens (tertiary/aromatic N) is 1. The molecular formula is C32H12F24N+. The molecule has 0 saturated heterocycles. The average molecular weight is 866 g/mol. The van der Waals surface area contributed by atoms with Gasteiger partial charge in [-0.3, -0.25) is 0 Å². The molecule has 0 bridgehead atoms. The minimum absolute atomic E-state index is 0.746. The molecule has 4 aromatic rings. The Kier molecular flexibility index (Phi) is 10.7. The molecule has 0 unspecified atom stereocenters. The summed E-state index contributed by atoms with van der Waals surface area (Å²) in [6.45, 7) is 0. The van der Waals surface area contributed by atoms with Crippen LogP contribution in [0.1, 0.15) is 44.5 Å². The van der Waals surface area contributed by atoms with Crippen molar-refractivity contribution in [2.75, 3.05) is 0 Å². The molecule has 0 aliphatic rings. The third-order valence-electron chi connectivity index (χ3n) is 7.84. The van der Waals surface area contributed by atoms with Crippen LogP contribution in [0.3, 0.4) is 0 Å². The van der Waals surface area contributed by atoms with Crippen LogP contribution >= 0.6 is 0 Å². The van der Waals surface area contributed by atoms with E-state index in [0.717, 1.165) is 0 Å². The number of benzene rings is 4. The first kappa shape index (κ1) is 44.9. The quantitative estimate of drug-likeness (QED) is 0.142. The van der Waals surface area contributed by atoms with Crippen molar-refractivity contribution in [2.45, 2.75) is 49.4 Å². The van der Waals surface area contributed by atoms with E-state index in [1.165, 1.54) is 0 Å². The summed E-state index contributed by atoms with van der Waals surface area (Å²) in [5.74, 6) is 0. The molecule has 1 nitrogen and oxygen atoms in total. The summed E-state index contributed by atoms with van der Waals surface area (Å²) in [6.07, 6.45) is -49.2. The molecule has 0 fully saturated rings. The van der Waals surface area contributed by atoms with Crippen molar-refractivity contribution >= 4 is 22.7 Å². The van der Waals surface area contributed by atoms with Crippen LogP contribution in [0, 0.1) is 0 Å². The van der Waals surface area contributed by atoms with E-state index in [0.29, 0.717) is 0 Å². The zero-order valence-electron chi connectivity index (χ0n) is 26.4. The predicted octanol–water partition coefficient (Wildman–Crippen LogP) is 15.1. The Morgan fingerprint density at radius 1 is 0.193 bits per heavy atom. The molecular weight excluding hydrogens is 854 g/mol. The second kappa shape index (κ2) is 13.6. The van der Waals surface area contributed by atoms with Crippen molar-refractivity contribution in [3.63, 3.8) is 0 Å². The largest absolute Gasteiger partial charge is 0.416 e. The first-order chi connectivity index (χ1) is 25.3. The van der Waals surface area contributed by atoms with E-state index in [1.807, 2.05) is 0 Å². The Bertz CT molecular complexity index is 1700. The number of hydrogen-bond donors (Lipinski definition) is 0. The van der Waals surface area contributed by atoms with Crippen LogP contribution in [0.4, 0.5) is 128 Å². The van der Waals surface area contributed by atoms with Gasteiger partial charge in [0.2, 0.25) is 0 Å². The van der Waals surface area contributed by atoms with E-state index in [9.17, 15) is 105 Å². The van der Waals surface area contributed by atoms with Gasteiger partial charge in [0.25, 0.3) is 0 Å². The van der Waals surface area contributed by atoms with Crippen molar-refractivity contribution in [1.29, 1.82) is 0 Å². The Labute approximate surface area is 299 Å². The lowest BCUT2D eigenvalue weighted by molar-refractivity contribution is -0.144. The van der Waals surface area contributed by atoms with Crippen molar-refractivity contribution in [2.24, 2.45) is 0 Å². The Hall–Kier alpha value is -4.84. The number of halogens is 24. The predicted molar refractivity (Wildman–Crippen MR) is 147 cm³/mol. The topological polar surface area (TPSA) is 0 Å². The van der Waals surface area contributed by atoms with Gasteiger partial charge in [0.1, 0.15) is 22.7 Å². The van der Waals surface area contributed by atoms with Gasteiger partial charge in [-0.05, 0) is 24.3 Å². The Morgan fingerprint density at radius 3 is 0.386 bits per heavy atom. The fourth-order valence-electron chi connectivity index (χ4n) is 5.42. The molecule has 0 amide bonds. The molecule has 0 spiro atoms. The minimum atomic E-state index is -6.15. The fourth-order valence-corrected chi connectivity index (χ4v) is 5.42. The van der Waals surface area contributed by atoms with Crippen molar-refractivity contribution in [3.05, 3.63) is 117 Å². The second-order valence-corrected chi connectivity index (χ2v) is 11.7. The van der Waals surface area contributed by atoms with Crippen LogP contribution in [0.2, 0.25) is 0 Å². The van der Waals surface area contributed by atoms with E-state index < -0.39 is 194 Å². The SMILES string of the molecule is FC(F)(F)c1cc(C(F)(F)F)cc([N+](c2cc(C(F)(F)F)cc(C(F)(F)F)c2)(c2cc(C(F)(F)F)cc(C(F)(F)F)c2)c2cc(C(F)(F)F)cc(C(F)(F)F)c2)c1. The van der Waals surface area contributed by atoms with E-state index in [2.05, 4.69) is 0 Å². The summed E-state index contributed by atoms with van der Waals surface area (Å²) < 4.78 is 337. The average Bonchev–Trinajstić information content (AvgIpc) is 3.01. The first-order valence-electron chi connectivity index (χ1n) is 14.4. The monoisotopic (exact) mass is 866 g/mol. The fraction of sp³-hybridized carbons (Fsp3) is 0.250. The highest BCUT2D eigenvalue weighted by Crippen LogP contribution is 2.58. The van der Waals surface area contributed by atoms with E-state index in [4.69, 9.17) is 0 Å². The molecule has 0 heterocycles. The van der Waals surface area contributed by atoms with Gasteiger partial charge >= 0.3 is 49.4 Å². The third-order valence-corrected chi connectivity index (χ3v) is 7.84. The lowest BCUT2D eigenvalue weighted by Crippen LogP contribution is -2.36. The van der Waals surface area contributed by atoms with E-state index in [1.54, 1.807) is 0 Å². The standard InChI is InChI=1S/C32H12F24N/c33-25(34,35)13-1-14(26(36,37)38)6-21(5-13)57(22-7-15(27(39,40)41)2-16(8-22)28(42,43)44,23-9-17(29(45,46)47)3-18(10-23)30(48,49)50)24-11-19(31(51,52)53)4-20(12-24)32(54,55)56/h1-12H/q+1. The number of quaternary nitrogens is 1. The van der Waals surface area contributed by atoms with Crippen molar-refractivity contribution in [1.82, 2.24) is 4.48 Å². The zero-order chi connectivity index (χ0) is 43.9. The molecule has 0 saturated carbocycles. The first-order valence-corrected chi connectivity index (χ1v) is 14.4. The third kappa shape index (κ3) is 9.32. The highest BCUT2D eigenvalue weighted by Gasteiger charge is 2.51. The summed E-state index contributed by atoms with van der Waals surface area (Å²) >= 11 is 0. The van der Waals surface area contributed by atoms with Gasteiger partial charge in [-0.2, -0.15) is 110 Å². The van der Waals surface area contributed by atoms with Gasteiger partial charge in [0.05, 0.1) is 44.5 Å². The van der Waals surface area contributed by atoms with Gasteiger partial charge in [0.15, 0.2) is 0 Å². The molecule has 0 aliphatic heterocycles. The maximum absolute atomic E-state index is 14.2. The van der Waals surface area contributed by atoms with Gasteiger partial charge in [-0.15, -0.1) is 0 Å². The zero-order valence-corrected chi connectivity index (χ0v) is 26.4. The minimum Gasteiger partial charge on any atom is -0.194 e. The maximum Gasteiger partial charge on any atom is 0.416 e.